The standard InChI is InChI=1S/C11H9F3N2O/c12-11(13,14)9-2-1-4-15-10(9)16-6-8-3-5-17-7-8/h1-5,7H,6H2,(H,15,16). The first kappa shape index (κ1) is 11.5. The van der Waals surface area contributed by atoms with Gasteiger partial charge < -0.3 is 9.73 Å². The first-order chi connectivity index (χ1) is 8.07. The van der Waals surface area contributed by atoms with Crippen molar-refractivity contribution in [1.82, 2.24) is 4.98 Å². The second-order valence-corrected chi connectivity index (χ2v) is 3.38. The van der Waals surface area contributed by atoms with Gasteiger partial charge in [-0.1, -0.05) is 0 Å². The van der Waals surface area contributed by atoms with Crippen LogP contribution < -0.4 is 5.32 Å². The van der Waals surface area contributed by atoms with E-state index in [-0.39, 0.29) is 12.4 Å². The summed E-state index contributed by atoms with van der Waals surface area (Å²) in [5, 5.41) is 2.63. The molecular formula is C11H9F3N2O. The van der Waals surface area contributed by atoms with Gasteiger partial charge in [0.2, 0.25) is 0 Å². The number of rotatable bonds is 3. The van der Waals surface area contributed by atoms with Crippen molar-refractivity contribution in [3.8, 4) is 0 Å². The van der Waals surface area contributed by atoms with Crippen LogP contribution in [-0.4, -0.2) is 4.98 Å². The molecule has 0 unspecified atom stereocenters. The molecule has 0 aliphatic rings. The van der Waals surface area contributed by atoms with E-state index in [1.807, 2.05) is 0 Å². The summed E-state index contributed by atoms with van der Waals surface area (Å²) in [6.07, 6.45) is -0.177. The number of hydrogen-bond acceptors (Lipinski definition) is 3. The second kappa shape index (κ2) is 4.48. The van der Waals surface area contributed by atoms with E-state index in [1.54, 1.807) is 6.07 Å². The molecule has 0 aliphatic heterocycles. The molecule has 1 N–H and O–H groups in total. The molecule has 0 saturated heterocycles. The number of nitrogens with one attached hydrogen (secondary N) is 1. The molecular weight excluding hydrogens is 233 g/mol. The van der Waals surface area contributed by atoms with Gasteiger partial charge in [0, 0.05) is 18.3 Å². The molecule has 0 saturated carbocycles. The summed E-state index contributed by atoms with van der Waals surface area (Å²) in [4.78, 5) is 3.68. The molecule has 2 heterocycles. The molecule has 17 heavy (non-hydrogen) atoms. The number of halogens is 3. The highest BCUT2D eigenvalue weighted by molar-refractivity contribution is 5.45. The molecule has 3 nitrogen and oxygen atoms in total. The van der Waals surface area contributed by atoms with Crippen molar-refractivity contribution in [2.24, 2.45) is 0 Å². The number of furan rings is 1. The van der Waals surface area contributed by atoms with Crippen molar-refractivity contribution < 1.29 is 17.6 Å². The molecule has 0 bridgehead atoms. The third-order valence-corrected chi connectivity index (χ3v) is 2.15. The molecule has 0 aliphatic carbocycles. The Bertz CT molecular complexity index is 480. The van der Waals surface area contributed by atoms with E-state index in [9.17, 15) is 13.2 Å². The Morgan fingerprint density at radius 3 is 2.76 bits per heavy atom. The van der Waals surface area contributed by atoms with Gasteiger partial charge in [0.05, 0.1) is 18.1 Å². The van der Waals surface area contributed by atoms with E-state index >= 15 is 0 Å². The largest absolute Gasteiger partial charge is 0.472 e. The van der Waals surface area contributed by atoms with E-state index in [2.05, 4.69) is 10.3 Å². The van der Waals surface area contributed by atoms with Crippen LogP contribution in [-0.2, 0) is 12.7 Å². The zero-order valence-electron chi connectivity index (χ0n) is 8.66. The first-order valence-corrected chi connectivity index (χ1v) is 4.84. The van der Waals surface area contributed by atoms with Crippen LogP contribution >= 0.6 is 0 Å². The predicted molar refractivity (Wildman–Crippen MR) is 55.3 cm³/mol. The molecule has 0 aromatic carbocycles. The Morgan fingerprint density at radius 2 is 2.12 bits per heavy atom. The maximum atomic E-state index is 12.6. The van der Waals surface area contributed by atoms with Gasteiger partial charge in [0.15, 0.2) is 0 Å². The van der Waals surface area contributed by atoms with Gasteiger partial charge in [-0.25, -0.2) is 4.98 Å². The fourth-order valence-corrected chi connectivity index (χ4v) is 1.35. The van der Waals surface area contributed by atoms with E-state index in [4.69, 9.17) is 4.42 Å². The number of alkyl halides is 3. The maximum absolute atomic E-state index is 12.6. The van der Waals surface area contributed by atoms with Gasteiger partial charge in [-0.2, -0.15) is 13.2 Å². The van der Waals surface area contributed by atoms with Gasteiger partial charge in [-0.15, -0.1) is 0 Å². The number of nitrogens with zero attached hydrogens (tertiary/aromatic N) is 1. The van der Waals surface area contributed by atoms with Crippen LogP contribution in [0, 0.1) is 0 Å². The molecule has 90 valence electrons. The molecule has 0 spiro atoms. The molecule has 0 amide bonds. The van der Waals surface area contributed by atoms with E-state index in [1.165, 1.54) is 24.8 Å². The molecule has 6 heteroatoms. The topological polar surface area (TPSA) is 38.1 Å². The van der Waals surface area contributed by atoms with Crippen molar-refractivity contribution in [3.63, 3.8) is 0 Å². The number of anilines is 1. The lowest BCUT2D eigenvalue weighted by molar-refractivity contribution is -0.137. The van der Waals surface area contributed by atoms with Crippen molar-refractivity contribution in [1.29, 1.82) is 0 Å². The number of pyridine rings is 1. The van der Waals surface area contributed by atoms with Crippen molar-refractivity contribution >= 4 is 5.82 Å². The maximum Gasteiger partial charge on any atom is 0.419 e. The normalized spacial score (nSPS) is 11.5. The monoisotopic (exact) mass is 242 g/mol. The average Bonchev–Trinajstić information content (AvgIpc) is 2.78. The Hall–Kier alpha value is -1.98. The van der Waals surface area contributed by atoms with Gasteiger partial charge in [-0.3, -0.25) is 0 Å². The summed E-state index contributed by atoms with van der Waals surface area (Å²) < 4.78 is 42.7. The summed E-state index contributed by atoms with van der Waals surface area (Å²) in [5.41, 5.74) is -0.0210. The van der Waals surface area contributed by atoms with Crippen LogP contribution in [0.3, 0.4) is 0 Å². The molecule has 0 atom stereocenters. The lowest BCUT2D eigenvalue weighted by Gasteiger charge is -2.12. The average molecular weight is 242 g/mol. The lowest BCUT2D eigenvalue weighted by atomic mass is 10.2. The highest BCUT2D eigenvalue weighted by atomic mass is 19.4. The SMILES string of the molecule is FC(F)(F)c1cccnc1NCc1ccoc1. The third-order valence-electron chi connectivity index (χ3n) is 2.15. The number of aromatic nitrogens is 1. The van der Waals surface area contributed by atoms with Gasteiger partial charge >= 0.3 is 6.18 Å². The zero-order chi connectivity index (χ0) is 12.3. The molecule has 0 radical (unpaired) electrons. The van der Waals surface area contributed by atoms with Crippen LogP contribution in [0.1, 0.15) is 11.1 Å². The molecule has 0 fully saturated rings. The Balaban J connectivity index is 2.16. The fourth-order valence-electron chi connectivity index (χ4n) is 1.35. The van der Waals surface area contributed by atoms with Crippen LogP contribution in [0.4, 0.5) is 19.0 Å². The summed E-state index contributed by atoms with van der Waals surface area (Å²) in [6.45, 7) is 0.233. The van der Waals surface area contributed by atoms with E-state index in [0.717, 1.165) is 11.6 Å². The van der Waals surface area contributed by atoms with Gasteiger partial charge in [0.1, 0.15) is 5.82 Å². The minimum absolute atomic E-state index is 0.179. The predicted octanol–water partition coefficient (Wildman–Crippen LogP) is 3.31. The Labute approximate surface area is 95.3 Å². The Kier molecular flexibility index (Phi) is 3.03. The summed E-state index contributed by atoms with van der Waals surface area (Å²) in [5.74, 6) is -0.179. The van der Waals surface area contributed by atoms with E-state index < -0.39 is 11.7 Å². The van der Waals surface area contributed by atoms with Crippen LogP contribution in [0.5, 0.6) is 0 Å². The van der Waals surface area contributed by atoms with Crippen molar-refractivity contribution in [2.75, 3.05) is 5.32 Å². The molecule has 2 aromatic rings. The minimum atomic E-state index is -4.41. The zero-order valence-corrected chi connectivity index (χ0v) is 8.66. The highest BCUT2D eigenvalue weighted by Crippen LogP contribution is 2.33. The summed E-state index contributed by atoms with van der Waals surface area (Å²) in [6, 6.07) is 3.92. The van der Waals surface area contributed by atoms with Gasteiger partial charge in [0.25, 0.3) is 0 Å². The Morgan fingerprint density at radius 1 is 1.29 bits per heavy atom. The minimum Gasteiger partial charge on any atom is -0.472 e. The van der Waals surface area contributed by atoms with Crippen molar-refractivity contribution in [3.05, 3.63) is 48.0 Å². The first-order valence-electron chi connectivity index (χ1n) is 4.84. The molecule has 2 rings (SSSR count). The fraction of sp³-hybridized carbons (Fsp3) is 0.182. The quantitative estimate of drug-likeness (QED) is 0.897. The molecule has 2 aromatic heterocycles. The second-order valence-electron chi connectivity index (χ2n) is 3.38. The smallest absolute Gasteiger partial charge is 0.419 e. The van der Waals surface area contributed by atoms with Crippen LogP contribution in [0.25, 0.3) is 0 Å². The van der Waals surface area contributed by atoms with Crippen LogP contribution in [0.2, 0.25) is 0 Å². The highest BCUT2D eigenvalue weighted by Gasteiger charge is 2.33. The van der Waals surface area contributed by atoms with Crippen LogP contribution in [0.15, 0.2) is 41.3 Å². The van der Waals surface area contributed by atoms with Crippen molar-refractivity contribution in [2.45, 2.75) is 12.7 Å². The van der Waals surface area contributed by atoms with Gasteiger partial charge in [-0.05, 0) is 18.2 Å². The third kappa shape index (κ3) is 2.77. The van der Waals surface area contributed by atoms with E-state index in [0.29, 0.717) is 0 Å². The summed E-state index contributed by atoms with van der Waals surface area (Å²) >= 11 is 0. The number of hydrogen-bond donors (Lipinski definition) is 1. The summed E-state index contributed by atoms with van der Waals surface area (Å²) in [7, 11) is 0. The lowest BCUT2D eigenvalue weighted by Crippen LogP contribution is -2.11.